The van der Waals surface area contributed by atoms with Gasteiger partial charge in [-0.1, -0.05) is 24.1 Å². The van der Waals surface area contributed by atoms with Gasteiger partial charge in [0.2, 0.25) is 0 Å². The second kappa shape index (κ2) is 8.57. The maximum atomic E-state index is 12.2. The van der Waals surface area contributed by atoms with Crippen molar-refractivity contribution in [2.45, 2.75) is 27.4 Å². The molecule has 1 rings (SSSR count). The molecule has 0 saturated heterocycles. The zero-order valence-corrected chi connectivity index (χ0v) is 14.2. The first kappa shape index (κ1) is 19.8. The highest BCUT2D eigenvalue weighted by atomic mass is 16.5. The lowest BCUT2D eigenvalue weighted by Gasteiger charge is -2.16. The molecule has 0 unspecified atom stereocenters. The Bertz CT molecular complexity index is 783. The summed E-state index contributed by atoms with van der Waals surface area (Å²) in [5.74, 6) is 0.197. The van der Waals surface area contributed by atoms with E-state index in [0.29, 0.717) is 11.3 Å². The van der Waals surface area contributed by atoms with E-state index in [1.165, 1.54) is 20.8 Å². The molecule has 25 heavy (non-hydrogen) atoms. The largest absolute Gasteiger partial charge is 0.481 e. The molecule has 0 bridgehead atoms. The normalized spacial score (nSPS) is 10.2. The number of hydrogen-bond acceptors (Lipinski definition) is 5. The van der Waals surface area contributed by atoms with E-state index in [1.807, 2.05) is 0 Å². The van der Waals surface area contributed by atoms with E-state index in [4.69, 9.17) is 21.4 Å². The van der Waals surface area contributed by atoms with Gasteiger partial charge in [-0.25, -0.2) is 4.79 Å². The van der Waals surface area contributed by atoms with E-state index in [1.54, 1.807) is 24.3 Å². The zero-order valence-electron chi connectivity index (χ0n) is 14.2. The summed E-state index contributed by atoms with van der Waals surface area (Å²) in [7, 11) is 0. The summed E-state index contributed by atoms with van der Waals surface area (Å²) in [6, 6.07) is 6.72. The van der Waals surface area contributed by atoms with Crippen molar-refractivity contribution >= 4 is 23.2 Å². The Morgan fingerprint density at radius 3 is 2.48 bits per heavy atom. The second-order valence-corrected chi connectivity index (χ2v) is 5.64. The summed E-state index contributed by atoms with van der Waals surface area (Å²) in [5, 5.41) is 0. The Labute approximate surface area is 145 Å². The molecule has 0 aliphatic carbocycles. The number of ketones is 2. The van der Waals surface area contributed by atoms with E-state index in [2.05, 4.69) is 10.7 Å². The summed E-state index contributed by atoms with van der Waals surface area (Å²) < 4.78 is 10.3. The van der Waals surface area contributed by atoms with E-state index in [9.17, 15) is 14.4 Å². The topological polar surface area (TPSA) is 106 Å². The van der Waals surface area contributed by atoms with Crippen LogP contribution in [0.4, 0.5) is 0 Å². The van der Waals surface area contributed by atoms with Crippen LogP contribution in [0.1, 0.15) is 26.3 Å². The summed E-state index contributed by atoms with van der Waals surface area (Å²) >= 11 is 0. The third-order valence-corrected chi connectivity index (χ3v) is 3.60. The number of rotatable bonds is 8. The highest BCUT2D eigenvalue weighted by Crippen LogP contribution is 2.20. The van der Waals surface area contributed by atoms with Crippen LogP contribution >= 0.6 is 0 Å². The molecule has 7 heteroatoms. The van der Waals surface area contributed by atoms with Gasteiger partial charge < -0.3 is 15.0 Å². The first-order valence-corrected chi connectivity index (χ1v) is 7.34. The minimum absolute atomic E-state index is 0.0413. The van der Waals surface area contributed by atoms with Gasteiger partial charge in [0.15, 0.2) is 0 Å². The number of para-hydroxylation sites is 1. The van der Waals surface area contributed by atoms with Gasteiger partial charge in [-0.2, -0.15) is 4.79 Å². The number of esters is 1. The van der Waals surface area contributed by atoms with Gasteiger partial charge in [0.05, 0.1) is 5.41 Å². The number of benzene rings is 1. The van der Waals surface area contributed by atoms with Gasteiger partial charge in [0.25, 0.3) is 5.78 Å². The van der Waals surface area contributed by atoms with Crippen LogP contribution in [0, 0.1) is 17.8 Å². The molecular formula is C18H18N2O5. The number of carbonyl (C=O) groups is 3. The molecule has 0 atom stereocenters. The van der Waals surface area contributed by atoms with Crippen LogP contribution in [0.15, 0.2) is 24.3 Å². The lowest BCUT2D eigenvalue weighted by atomic mass is 9.82. The standard InChI is InChI=1S/C18H18N2O5/c1-5-10-24-14-9-7-6-8-13(14)11-25-17(23)15(20-19)16(22)18(3,4)12(2)21/h1,6-9H,10-11H2,2-4H3. The average molecular weight is 342 g/mol. The molecule has 0 heterocycles. The fourth-order valence-corrected chi connectivity index (χ4v) is 1.73. The molecule has 0 saturated carbocycles. The molecule has 7 nitrogen and oxygen atoms in total. The molecule has 0 aliphatic rings. The van der Waals surface area contributed by atoms with E-state index < -0.39 is 28.7 Å². The Balaban J connectivity index is 2.89. The van der Waals surface area contributed by atoms with Gasteiger partial charge in [-0.3, -0.25) is 9.59 Å². The van der Waals surface area contributed by atoms with Gasteiger partial charge in [0.1, 0.15) is 24.7 Å². The molecule has 130 valence electrons. The quantitative estimate of drug-likeness (QED) is 0.178. The van der Waals surface area contributed by atoms with E-state index in [0.717, 1.165) is 0 Å². The van der Waals surface area contributed by atoms with E-state index >= 15 is 0 Å². The number of hydrogen-bond donors (Lipinski definition) is 0. The van der Waals surface area contributed by atoms with Gasteiger partial charge >= 0.3 is 11.7 Å². The maximum Gasteiger partial charge on any atom is 0.442 e. The summed E-state index contributed by atoms with van der Waals surface area (Å²) in [5.41, 5.74) is 7.15. The predicted molar refractivity (Wildman–Crippen MR) is 88.7 cm³/mol. The molecule has 1 aromatic rings. The SMILES string of the molecule is C#CCOc1ccccc1COC(=O)C(=[N+]=[N-])C(=O)C(C)(C)C(C)=O. The maximum absolute atomic E-state index is 12.2. The molecule has 0 fully saturated rings. The zero-order chi connectivity index (χ0) is 19.0. The summed E-state index contributed by atoms with van der Waals surface area (Å²) in [4.78, 5) is 38.5. The molecular weight excluding hydrogens is 324 g/mol. The molecule has 0 aromatic heterocycles. The van der Waals surface area contributed by atoms with Crippen LogP contribution in [0.25, 0.3) is 5.53 Å². The molecule has 0 radical (unpaired) electrons. The lowest BCUT2D eigenvalue weighted by Crippen LogP contribution is -2.41. The first-order valence-electron chi connectivity index (χ1n) is 7.34. The molecule has 1 aromatic carbocycles. The van der Waals surface area contributed by atoms with Crippen LogP contribution in [0.3, 0.4) is 0 Å². The van der Waals surface area contributed by atoms with Crippen LogP contribution < -0.4 is 4.74 Å². The van der Waals surface area contributed by atoms with Crippen molar-refractivity contribution in [3.8, 4) is 18.1 Å². The highest BCUT2D eigenvalue weighted by Gasteiger charge is 2.44. The Kier molecular flexibility index (Phi) is 6.80. The second-order valence-electron chi connectivity index (χ2n) is 5.64. The Morgan fingerprint density at radius 1 is 1.28 bits per heavy atom. The van der Waals surface area contributed by atoms with Crippen LogP contribution in [-0.4, -0.2) is 34.6 Å². The number of terminal acetylenes is 1. The van der Waals surface area contributed by atoms with Crippen molar-refractivity contribution in [1.82, 2.24) is 0 Å². The van der Waals surface area contributed by atoms with Crippen molar-refractivity contribution in [2.24, 2.45) is 5.41 Å². The van der Waals surface area contributed by atoms with Crippen LogP contribution in [-0.2, 0) is 25.7 Å². The predicted octanol–water partition coefficient (Wildman–Crippen LogP) is 1.60. The average Bonchev–Trinajstić information content (AvgIpc) is 2.59. The lowest BCUT2D eigenvalue weighted by molar-refractivity contribution is -0.145. The van der Waals surface area contributed by atoms with E-state index in [-0.39, 0.29) is 13.2 Å². The minimum Gasteiger partial charge on any atom is -0.481 e. The van der Waals surface area contributed by atoms with Crippen molar-refractivity contribution < 1.29 is 28.6 Å². The fourth-order valence-electron chi connectivity index (χ4n) is 1.73. The fraction of sp³-hybridized carbons (Fsp3) is 0.333. The summed E-state index contributed by atoms with van der Waals surface area (Å²) in [6.07, 6.45) is 5.14. The van der Waals surface area contributed by atoms with Gasteiger partial charge in [0, 0.05) is 5.56 Å². The highest BCUT2D eigenvalue weighted by molar-refractivity contribution is 6.64. The van der Waals surface area contributed by atoms with Crippen molar-refractivity contribution in [1.29, 1.82) is 0 Å². The van der Waals surface area contributed by atoms with Crippen LogP contribution in [0.2, 0.25) is 0 Å². The smallest absolute Gasteiger partial charge is 0.442 e. The third kappa shape index (κ3) is 4.87. The van der Waals surface area contributed by atoms with Crippen molar-refractivity contribution in [3.63, 3.8) is 0 Å². The Morgan fingerprint density at radius 2 is 1.92 bits per heavy atom. The van der Waals surface area contributed by atoms with Gasteiger partial charge in [-0.05, 0) is 26.8 Å². The molecule has 0 aliphatic heterocycles. The number of Topliss-reactive ketones (excluding diaryl/α,β-unsaturated/α-hetero) is 2. The number of ether oxygens (including phenoxy) is 2. The number of carbonyl (C=O) groups excluding carboxylic acids is 3. The number of nitrogens with zero attached hydrogens (tertiary/aromatic N) is 2. The van der Waals surface area contributed by atoms with Crippen molar-refractivity contribution in [2.75, 3.05) is 6.61 Å². The third-order valence-electron chi connectivity index (χ3n) is 3.60. The minimum atomic E-state index is -1.51. The summed E-state index contributed by atoms with van der Waals surface area (Å²) in [6.45, 7) is 3.68. The molecule has 0 N–H and O–H groups in total. The first-order chi connectivity index (χ1) is 11.8. The molecule has 0 amide bonds. The Hall–Kier alpha value is -3.23. The molecule has 0 spiro atoms. The van der Waals surface area contributed by atoms with Gasteiger partial charge in [-0.15, -0.1) is 6.42 Å². The van der Waals surface area contributed by atoms with Crippen LogP contribution in [0.5, 0.6) is 5.75 Å². The monoisotopic (exact) mass is 342 g/mol. The van der Waals surface area contributed by atoms with Crippen molar-refractivity contribution in [3.05, 3.63) is 35.4 Å².